The molecule has 13 heavy (non-hydrogen) atoms. The normalized spacial score (nSPS) is 22.1. The minimum atomic E-state index is -0.225. The summed E-state index contributed by atoms with van der Waals surface area (Å²) in [7, 11) is 0. The summed E-state index contributed by atoms with van der Waals surface area (Å²) in [6, 6.07) is 0. The van der Waals surface area contributed by atoms with Gasteiger partial charge in [-0.25, -0.2) is 4.79 Å². The lowest BCUT2D eigenvalue weighted by molar-refractivity contribution is -0.137. The van der Waals surface area contributed by atoms with Crippen LogP contribution in [0, 0.1) is 5.92 Å². The Morgan fingerprint density at radius 3 is 3.08 bits per heavy atom. The van der Waals surface area contributed by atoms with Gasteiger partial charge in [0.1, 0.15) is 0 Å². The molecule has 0 aromatic carbocycles. The number of rotatable bonds is 3. The van der Waals surface area contributed by atoms with Crippen LogP contribution in [-0.2, 0) is 9.53 Å². The summed E-state index contributed by atoms with van der Waals surface area (Å²) in [6.45, 7) is 2.27. The molecule has 1 rings (SSSR count). The fraction of sp³-hybridized carbons (Fsp3) is 0.545. The second-order valence-corrected chi connectivity index (χ2v) is 3.16. The van der Waals surface area contributed by atoms with Gasteiger partial charge in [-0.05, 0) is 32.1 Å². The van der Waals surface area contributed by atoms with Crippen molar-refractivity contribution in [1.82, 2.24) is 0 Å². The van der Waals surface area contributed by atoms with Crippen molar-refractivity contribution < 1.29 is 9.53 Å². The highest BCUT2D eigenvalue weighted by Crippen LogP contribution is 2.18. The Kier molecular flexibility index (Phi) is 4.30. The zero-order chi connectivity index (χ0) is 9.52. The van der Waals surface area contributed by atoms with Crippen molar-refractivity contribution in [2.75, 3.05) is 6.61 Å². The van der Waals surface area contributed by atoms with E-state index < -0.39 is 0 Å². The second kappa shape index (κ2) is 5.57. The first-order valence-electron chi connectivity index (χ1n) is 4.83. The number of hydrogen-bond donors (Lipinski definition) is 0. The molecule has 0 aromatic heterocycles. The van der Waals surface area contributed by atoms with Gasteiger partial charge in [0.15, 0.2) is 0 Å². The van der Waals surface area contributed by atoms with Gasteiger partial charge in [0, 0.05) is 6.08 Å². The van der Waals surface area contributed by atoms with Crippen LogP contribution in [0.25, 0.3) is 0 Å². The van der Waals surface area contributed by atoms with Gasteiger partial charge in [-0.15, -0.1) is 0 Å². The largest absolute Gasteiger partial charge is 0.463 e. The molecule has 0 N–H and O–H groups in total. The molecule has 2 heteroatoms. The SMILES string of the molecule is CCOC(=O)/C=C/C1CC=CCC1. The van der Waals surface area contributed by atoms with E-state index in [1.54, 1.807) is 6.08 Å². The van der Waals surface area contributed by atoms with Gasteiger partial charge in [-0.2, -0.15) is 0 Å². The Labute approximate surface area is 79.3 Å². The third-order valence-corrected chi connectivity index (χ3v) is 2.10. The van der Waals surface area contributed by atoms with Crippen molar-refractivity contribution in [3.8, 4) is 0 Å². The molecule has 0 aromatic rings. The Morgan fingerprint density at radius 1 is 1.62 bits per heavy atom. The van der Waals surface area contributed by atoms with Crippen LogP contribution in [-0.4, -0.2) is 12.6 Å². The maximum Gasteiger partial charge on any atom is 0.330 e. The highest BCUT2D eigenvalue weighted by Gasteiger charge is 2.06. The zero-order valence-corrected chi connectivity index (χ0v) is 8.03. The molecule has 0 heterocycles. The molecule has 0 amide bonds. The first kappa shape index (κ1) is 10.0. The summed E-state index contributed by atoms with van der Waals surface area (Å²) in [4.78, 5) is 11.0. The average molecular weight is 180 g/mol. The van der Waals surface area contributed by atoms with E-state index in [1.165, 1.54) is 0 Å². The first-order valence-corrected chi connectivity index (χ1v) is 4.83. The summed E-state index contributed by atoms with van der Waals surface area (Å²) >= 11 is 0. The van der Waals surface area contributed by atoms with Crippen molar-refractivity contribution in [3.63, 3.8) is 0 Å². The Morgan fingerprint density at radius 2 is 2.46 bits per heavy atom. The van der Waals surface area contributed by atoms with Crippen LogP contribution in [0.1, 0.15) is 26.2 Å². The van der Waals surface area contributed by atoms with Gasteiger partial charge in [0.2, 0.25) is 0 Å². The monoisotopic (exact) mass is 180 g/mol. The van der Waals surface area contributed by atoms with E-state index in [0.29, 0.717) is 12.5 Å². The molecule has 2 nitrogen and oxygen atoms in total. The third-order valence-electron chi connectivity index (χ3n) is 2.10. The van der Waals surface area contributed by atoms with Crippen LogP contribution >= 0.6 is 0 Å². The predicted octanol–water partition coefficient (Wildman–Crippen LogP) is 2.46. The predicted molar refractivity (Wildman–Crippen MR) is 52.3 cm³/mol. The van der Waals surface area contributed by atoms with Crippen molar-refractivity contribution in [3.05, 3.63) is 24.3 Å². The molecular weight excluding hydrogens is 164 g/mol. The third kappa shape index (κ3) is 3.92. The second-order valence-electron chi connectivity index (χ2n) is 3.16. The fourth-order valence-electron chi connectivity index (χ4n) is 1.40. The smallest absolute Gasteiger partial charge is 0.330 e. The van der Waals surface area contributed by atoms with Crippen LogP contribution in [0.4, 0.5) is 0 Å². The highest BCUT2D eigenvalue weighted by molar-refractivity contribution is 5.81. The van der Waals surface area contributed by atoms with E-state index in [-0.39, 0.29) is 5.97 Å². The van der Waals surface area contributed by atoms with Gasteiger partial charge in [0.05, 0.1) is 6.61 Å². The molecule has 0 saturated carbocycles. The number of esters is 1. The summed E-state index contributed by atoms with van der Waals surface area (Å²) in [5, 5.41) is 0. The Bertz CT molecular complexity index is 216. The lowest BCUT2D eigenvalue weighted by Gasteiger charge is -2.12. The zero-order valence-electron chi connectivity index (χ0n) is 8.03. The van der Waals surface area contributed by atoms with Crippen molar-refractivity contribution >= 4 is 5.97 Å². The van der Waals surface area contributed by atoms with Gasteiger partial charge in [-0.1, -0.05) is 18.2 Å². The topological polar surface area (TPSA) is 26.3 Å². The quantitative estimate of drug-likeness (QED) is 0.379. The molecule has 1 aliphatic rings. The lowest BCUT2D eigenvalue weighted by atomic mass is 9.94. The summed E-state index contributed by atoms with van der Waals surface area (Å²) < 4.78 is 4.79. The average Bonchev–Trinajstić information content (AvgIpc) is 2.17. The molecule has 0 radical (unpaired) electrons. The molecule has 0 aliphatic heterocycles. The Hall–Kier alpha value is -1.05. The number of hydrogen-bond acceptors (Lipinski definition) is 2. The minimum Gasteiger partial charge on any atom is -0.463 e. The molecule has 1 unspecified atom stereocenters. The maximum atomic E-state index is 11.0. The summed E-state index contributed by atoms with van der Waals surface area (Å²) in [5.41, 5.74) is 0. The van der Waals surface area contributed by atoms with Crippen LogP contribution in [0.3, 0.4) is 0 Å². The van der Waals surface area contributed by atoms with E-state index >= 15 is 0 Å². The standard InChI is InChI=1S/C11H16O2/c1-2-13-11(12)9-8-10-6-4-3-5-7-10/h3-4,8-10H,2,5-7H2,1H3/b9-8+. The molecule has 0 saturated heterocycles. The number of ether oxygens (including phenoxy) is 1. The van der Waals surface area contributed by atoms with Gasteiger partial charge in [0.25, 0.3) is 0 Å². The molecule has 1 atom stereocenters. The fourth-order valence-corrected chi connectivity index (χ4v) is 1.40. The molecule has 0 spiro atoms. The lowest BCUT2D eigenvalue weighted by Crippen LogP contribution is -2.02. The Balaban J connectivity index is 2.30. The molecule has 0 bridgehead atoms. The van der Waals surface area contributed by atoms with E-state index in [1.807, 2.05) is 13.0 Å². The van der Waals surface area contributed by atoms with Gasteiger partial charge < -0.3 is 4.74 Å². The first-order chi connectivity index (χ1) is 6.33. The minimum absolute atomic E-state index is 0.225. The van der Waals surface area contributed by atoms with Gasteiger partial charge in [-0.3, -0.25) is 0 Å². The van der Waals surface area contributed by atoms with E-state index in [9.17, 15) is 4.79 Å². The van der Waals surface area contributed by atoms with Crippen molar-refractivity contribution in [2.45, 2.75) is 26.2 Å². The van der Waals surface area contributed by atoms with Gasteiger partial charge >= 0.3 is 5.97 Å². The molecular formula is C11H16O2. The van der Waals surface area contributed by atoms with E-state index in [4.69, 9.17) is 4.74 Å². The maximum absolute atomic E-state index is 11.0. The molecule has 72 valence electrons. The van der Waals surface area contributed by atoms with Crippen molar-refractivity contribution in [1.29, 1.82) is 0 Å². The van der Waals surface area contributed by atoms with Crippen LogP contribution in [0.15, 0.2) is 24.3 Å². The van der Waals surface area contributed by atoms with Crippen LogP contribution in [0.5, 0.6) is 0 Å². The molecule has 0 fully saturated rings. The number of allylic oxidation sites excluding steroid dienone is 3. The van der Waals surface area contributed by atoms with E-state index in [0.717, 1.165) is 19.3 Å². The van der Waals surface area contributed by atoms with Crippen molar-refractivity contribution in [2.24, 2.45) is 5.92 Å². The van der Waals surface area contributed by atoms with Crippen LogP contribution in [0.2, 0.25) is 0 Å². The van der Waals surface area contributed by atoms with Crippen LogP contribution < -0.4 is 0 Å². The molecule has 1 aliphatic carbocycles. The number of carbonyl (C=O) groups excluding carboxylic acids is 1. The highest BCUT2D eigenvalue weighted by atomic mass is 16.5. The summed E-state index contributed by atoms with van der Waals surface area (Å²) in [6.07, 6.45) is 11.2. The van der Waals surface area contributed by atoms with E-state index in [2.05, 4.69) is 12.2 Å². The number of carbonyl (C=O) groups is 1. The summed E-state index contributed by atoms with van der Waals surface area (Å²) in [5.74, 6) is 0.298.